The van der Waals surface area contributed by atoms with Crippen molar-refractivity contribution in [3.63, 3.8) is 0 Å². The van der Waals surface area contributed by atoms with Crippen molar-refractivity contribution in [3.05, 3.63) is 0 Å². The Balaban J connectivity index is 3.64. The Morgan fingerprint density at radius 2 is 1.89 bits per heavy atom. The van der Waals surface area contributed by atoms with E-state index in [0.29, 0.717) is 13.1 Å². The molecule has 0 aromatic carbocycles. The Morgan fingerprint density at radius 1 is 1.44 bits per heavy atom. The van der Waals surface area contributed by atoms with Gasteiger partial charge in [0.1, 0.15) is 0 Å². The first-order valence-electron chi connectivity index (χ1n) is 3.10. The van der Waals surface area contributed by atoms with E-state index in [-0.39, 0.29) is 0 Å². The molecule has 0 aliphatic rings. The van der Waals surface area contributed by atoms with Gasteiger partial charge in [-0.3, -0.25) is 4.79 Å². The van der Waals surface area contributed by atoms with Crippen molar-refractivity contribution in [2.24, 2.45) is 0 Å². The molecule has 0 atom stereocenters. The van der Waals surface area contributed by atoms with Crippen LogP contribution in [-0.4, -0.2) is 30.6 Å². The summed E-state index contributed by atoms with van der Waals surface area (Å²) in [4.78, 5) is 12.0. The molecule has 1 amide bonds. The van der Waals surface area contributed by atoms with E-state index in [1.807, 2.05) is 13.8 Å². The van der Waals surface area contributed by atoms with Gasteiger partial charge in [-0.25, -0.2) is 4.39 Å². The van der Waals surface area contributed by atoms with Gasteiger partial charge in [-0.15, -0.1) is 0 Å². The van der Waals surface area contributed by atoms with Gasteiger partial charge >= 0.3 is 0 Å². The van der Waals surface area contributed by atoms with Gasteiger partial charge in [0.2, 0.25) is 0 Å². The first kappa shape index (κ1) is 8.40. The lowest BCUT2D eigenvalue weighted by Gasteiger charge is -2.15. The summed E-state index contributed by atoms with van der Waals surface area (Å²) >= 11 is 0. The topological polar surface area (TPSA) is 20.3 Å². The third kappa shape index (κ3) is 2.44. The van der Waals surface area contributed by atoms with Crippen LogP contribution in [-0.2, 0) is 4.79 Å². The molecule has 0 spiro atoms. The van der Waals surface area contributed by atoms with Crippen LogP contribution in [0.3, 0.4) is 0 Å². The van der Waals surface area contributed by atoms with Crippen LogP contribution in [0, 0.1) is 0 Å². The SMILES string of the molecule is CCN(CC)C(=O)CF. The van der Waals surface area contributed by atoms with E-state index in [4.69, 9.17) is 0 Å². The summed E-state index contributed by atoms with van der Waals surface area (Å²) in [5.41, 5.74) is 0. The van der Waals surface area contributed by atoms with Crippen molar-refractivity contribution in [2.45, 2.75) is 13.8 Å². The van der Waals surface area contributed by atoms with Crippen molar-refractivity contribution in [1.29, 1.82) is 0 Å². The van der Waals surface area contributed by atoms with Crippen molar-refractivity contribution in [1.82, 2.24) is 4.90 Å². The Labute approximate surface area is 54.7 Å². The maximum atomic E-state index is 11.6. The molecule has 0 rings (SSSR count). The highest BCUT2D eigenvalue weighted by molar-refractivity contribution is 5.77. The number of hydrogen-bond acceptors (Lipinski definition) is 1. The number of amides is 1. The molecule has 2 nitrogen and oxygen atoms in total. The van der Waals surface area contributed by atoms with Crippen LogP contribution < -0.4 is 0 Å². The summed E-state index contributed by atoms with van der Waals surface area (Å²) < 4.78 is 11.6. The van der Waals surface area contributed by atoms with Crippen molar-refractivity contribution >= 4 is 5.91 Å². The summed E-state index contributed by atoms with van der Waals surface area (Å²) in [7, 11) is 0. The molecule has 0 unspecified atom stereocenters. The second kappa shape index (κ2) is 4.30. The van der Waals surface area contributed by atoms with Gasteiger partial charge in [-0.1, -0.05) is 0 Å². The highest BCUT2D eigenvalue weighted by atomic mass is 19.1. The highest BCUT2D eigenvalue weighted by Gasteiger charge is 2.06. The fourth-order valence-electron chi connectivity index (χ4n) is 0.661. The average molecular weight is 133 g/mol. The number of nitrogens with zero attached hydrogens (tertiary/aromatic N) is 1. The minimum absolute atomic E-state index is 0.417. The van der Waals surface area contributed by atoms with Gasteiger partial charge in [0.15, 0.2) is 6.67 Å². The molecule has 0 fully saturated rings. The fraction of sp³-hybridized carbons (Fsp3) is 0.833. The summed E-state index contributed by atoms with van der Waals surface area (Å²) in [6, 6.07) is 0. The molecule has 0 saturated heterocycles. The van der Waals surface area contributed by atoms with Crippen LogP contribution in [0.2, 0.25) is 0 Å². The van der Waals surface area contributed by atoms with E-state index in [1.54, 1.807) is 0 Å². The molecule has 0 aliphatic carbocycles. The third-order valence-corrected chi connectivity index (χ3v) is 1.23. The smallest absolute Gasteiger partial charge is 0.253 e. The number of rotatable bonds is 3. The molecule has 0 aromatic rings. The number of carbonyl (C=O) groups excluding carboxylic acids is 1. The van der Waals surface area contributed by atoms with Gasteiger partial charge in [0.25, 0.3) is 5.91 Å². The Kier molecular flexibility index (Phi) is 4.01. The molecule has 0 heterocycles. The lowest BCUT2D eigenvalue weighted by Crippen LogP contribution is -2.31. The summed E-state index contributed by atoms with van der Waals surface area (Å²) in [5, 5.41) is 0. The summed E-state index contributed by atoms with van der Waals surface area (Å²) in [6.07, 6.45) is 0. The van der Waals surface area contributed by atoms with Crippen LogP contribution in [0.5, 0.6) is 0 Å². The number of carbonyl (C=O) groups is 1. The van der Waals surface area contributed by atoms with Crippen LogP contribution in [0.25, 0.3) is 0 Å². The maximum absolute atomic E-state index is 11.6. The molecular weight excluding hydrogens is 121 g/mol. The molecule has 0 aromatic heterocycles. The van der Waals surface area contributed by atoms with E-state index in [9.17, 15) is 9.18 Å². The van der Waals surface area contributed by atoms with E-state index in [1.165, 1.54) is 4.90 Å². The monoisotopic (exact) mass is 133 g/mol. The standard InChI is InChI=1S/C6H12FNO/c1-3-8(4-2)6(9)5-7/h3-5H2,1-2H3. The number of hydrogen-bond donors (Lipinski definition) is 0. The molecular formula is C6H12FNO. The van der Waals surface area contributed by atoms with Crippen LogP contribution in [0.15, 0.2) is 0 Å². The summed E-state index contributed by atoms with van der Waals surface area (Å²) in [6.45, 7) is 3.98. The predicted octanol–water partition coefficient (Wildman–Crippen LogP) is 0.824. The number of alkyl halides is 1. The largest absolute Gasteiger partial charge is 0.341 e. The second-order valence-electron chi connectivity index (χ2n) is 1.70. The zero-order valence-electron chi connectivity index (χ0n) is 5.85. The minimum Gasteiger partial charge on any atom is -0.341 e. The van der Waals surface area contributed by atoms with Gasteiger partial charge in [-0.2, -0.15) is 0 Å². The highest BCUT2D eigenvalue weighted by Crippen LogP contribution is 1.87. The second-order valence-corrected chi connectivity index (χ2v) is 1.70. The van der Waals surface area contributed by atoms with Gasteiger partial charge < -0.3 is 4.90 Å². The zero-order chi connectivity index (χ0) is 7.28. The zero-order valence-corrected chi connectivity index (χ0v) is 5.85. The van der Waals surface area contributed by atoms with Crippen LogP contribution in [0.1, 0.15) is 13.8 Å². The van der Waals surface area contributed by atoms with Crippen molar-refractivity contribution < 1.29 is 9.18 Å². The van der Waals surface area contributed by atoms with Crippen molar-refractivity contribution in [2.75, 3.05) is 19.8 Å². The quantitative estimate of drug-likeness (QED) is 0.558. The first-order chi connectivity index (χ1) is 4.26. The molecule has 0 N–H and O–H groups in total. The molecule has 0 radical (unpaired) electrons. The Bertz CT molecular complexity index is 91.1. The molecule has 54 valence electrons. The summed E-state index contributed by atoms with van der Waals surface area (Å²) in [5.74, 6) is -0.417. The first-order valence-corrected chi connectivity index (χ1v) is 3.10. The Morgan fingerprint density at radius 3 is 2.00 bits per heavy atom. The third-order valence-electron chi connectivity index (χ3n) is 1.23. The van der Waals surface area contributed by atoms with Gasteiger partial charge in [0, 0.05) is 13.1 Å². The lowest BCUT2D eigenvalue weighted by atomic mass is 10.5. The average Bonchev–Trinajstić information content (AvgIpc) is 1.90. The molecule has 3 heteroatoms. The van der Waals surface area contributed by atoms with Crippen LogP contribution >= 0.6 is 0 Å². The maximum Gasteiger partial charge on any atom is 0.253 e. The van der Waals surface area contributed by atoms with E-state index >= 15 is 0 Å². The van der Waals surface area contributed by atoms with E-state index < -0.39 is 12.6 Å². The minimum atomic E-state index is -0.873. The van der Waals surface area contributed by atoms with Crippen molar-refractivity contribution in [3.8, 4) is 0 Å². The van der Waals surface area contributed by atoms with E-state index in [2.05, 4.69) is 0 Å². The van der Waals surface area contributed by atoms with Gasteiger partial charge in [0.05, 0.1) is 0 Å². The predicted molar refractivity (Wildman–Crippen MR) is 33.9 cm³/mol. The molecule has 9 heavy (non-hydrogen) atoms. The van der Waals surface area contributed by atoms with Gasteiger partial charge in [-0.05, 0) is 13.8 Å². The Hall–Kier alpha value is -0.600. The number of halogens is 1. The fourth-order valence-corrected chi connectivity index (χ4v) is 0.661. The normalized spacial score (nSPS) is 9.22. The lowest BCUT2D eigenvalue weighted by molar-refractivity contribution is -0.131. The molecule has 0 bridgehead atoms. The molecule has 0 aliphatic heterocycles. The molecule has 0 saturated carbocycles. The van der Waals surface area contributed by atoms with Crippen LogP contribution in [0.4, 0.5) is 4.39 Å². The van der Waals surface area contributed by atoms with E-state index in [0.717, 1.165) is 0 Å².